The van der Waals surface area contributed by atoms with Crippen molar-refractivity contribution in [3.8, 4) is 0 Å². The molecule has 1 aliphatic rings. The Labute approximate surface area is 194 Å². The molecule has 1 amide bonds. The second-order valence-electron chi connectivity index (χ2n) is 6.32. The highest BCUT2D eigenvalue weighted by Gasteiger charge is 2.34. The molecule has 3 aromatic rings. The van der Waals surface area contributed by atoms with E-state index in [0.717, 1.165) is 20.1 Å². The van der Waals surface area contributed by atoms with E-state index in [4.69, 9.17) is 4.42 Å². The van der Waals surface area contributed by atoms with Crippen LogP contribution in [0.4, 0.5) is 0 Å². The Morgan fingerprint density at radius 2 is 1.83 bits per heavy atom. The van der Waals surface area contributed by atoms with Crippen LogP contribution in [0.1, 0.15) is 16.9 Å². The van der Waals surface area contributed by atoms with Gasteiger partial charge in [-0.05, 0) is 65.4 Å². The van der Waals surface area contributed by atoms with Gasteiger partial charge in [-0.3, -0.25) is 9.69 Å². The van der Waals surface area contributed by atoms with Gasteiger partial charge in [0.25, 0.3) is 5.91 Å². The van der Waals surface area contributed by atoms with Crippen molar-refractivity contribution in [3.63, 3.8) is 0 Å². The lowest BCUT2D eigenvalue weighted by molar-refractivity contribution is -0.122. The van der Waals surface area contributed by atoms with Crippen molar-refractivity contribution in [3.05, 3.63) is 97.7 Å². The number of hydrogen-bond acceptors (Lipinski definition) is 5. The van der Waals surface area contributed by atoms with Crippen LogP contribution in [0.5, 0.6) is 0 Å². The van der Waals surface area contributed by atoms with Gasteiger partial charge in [-0.25, -0.2) is 0 Å². The smallest absolute Gasteiger partial charge is 0.267 e. The summed E-state index contributed by atoms with van der Waals surface area (Å²) in [5, 5.41) is 9.01. The molecular weight excluding hydrogens is 530 g/mol. The molecule has 1 fully saturated rings. The lowest BCUT2D eigenvalue weighted by Crippen LogP contribution is -2.28. The standard InChI is InChI=1S/C22H15Br2N3O2S/c23-17-8-6-15(7-9-17)13-25-26-22-27(14-19-5-2-10-29-19)21(28)20(30-22)12-16-3-1-4-18(24)11-16/h1-13H,14H2/b20-12-,25-13-,26-22+. The molecule has 0 unspecified atom stereocenters. The molecule has 30 heavy (non-hydrogen) atoms. The topological polar surface area (TPSA) is 58.2 Å². The lowest BCUT2D eigenvalue weighted by Gasteiger charge is -2.12. The Bertz CT molecular complexity index is 1140. The van der Waals surface area contributed by atoms with Crippen molar-refractivity contribution >= 4 is 67.0 Å². The van der Waals surface area contributed by atoms with E-state index in [1.54, 1.807) is 23.4 Å². The molecule has 1 saturated heterocycles. The van der Waals surface area contributed by atoms with E-state index in [0.29, 0.717) is 22.4 Å². The zero-order chi connectivity index (χ0) is 20.9. The van der Waals surface area contributed by atoms with Crippen molar-refractivity contribution in [1.82, 2.24) is 4.90 Å². The molecule has 0 saturated carbocycles. The molecule has 8 heteroatoms. The second kappa shape index (κ2) is 9.59. The molecule has 4 rings (SSSR count). The first-order valence-electron chi connectivity index (χ1n) is 8.94. The Balaban J connectivity index is 1.61. The van der Waals surface area contributed by atoms with E-state index in [-0.39, 0.29) is 5.91 Å². The molecule has 5 nitrogen and oxygen atoms in total. The van der Waals surface area contributed by atoms with Gasteiger partial charge < -0.3 is 4.42 Å². The SMILES string of the molecule is O=C1/C(=C/c2cccc(Br)c2)S/C(=N/N=C\c2ccc(Br)cc2)N1Cc1ccco1. The van der Waals surface area contributed by atoms with Crippen molar-refractivity contribution < 1.29 is 9.21 Å². The normalized spacial score (nSPS) is 17.0. The fourth-order valence-corrected chi connectivity index (χ4v) is 4.34. The third kappa shape index (κ3) is 5.19. The van der Waals surface area contributed by atoms with Crippen LogP contribution in [0.25, 0.3) is 6.08 Å². The largest absolute Gasteiger partial charge is 0.467 e. The summed E-state index contributed by atoms with van der Waals surface area (Å²) in [6, 6.07) is 19.1. The third-order valence-electron chi connectivity index (χ3n) is 4.15. The molecule has 0 N–H and O–H groups in total. The van der Waals surface area contributed by atoms with Crippen LogP contribution in [-0.2, 0) is 11.3 Å². The summed E-state index contributed by atoms with van der Waals surface area (Å²) in [5.41, 5.74) is 1.84. The maximum atomic E-state index is 13.0. The first-order chi connectivity index (χ1) is 14.6. The average Bonchev–Trinajstić information content (AvgIpc) is 3.34. The number of amides is 1. The van der Waals surface area contributed by atoms with Gasteiger partial charge in [-0.2, -0.15) is 5.10 Å². The van der Waals surface area contributed by atoms with Crippen LogP contribution < -0.4 is 0 Å². The number of amidine groups is 1. The van der Waals surface area contributed by atoms with Crippen LogP contribution in [-0.4, -0.2) is 22.2 Å². The highest BCUT2D eigenvalue weighted by atomic mass is 79.9. The maximum absolute atomic E-state index is 13.0. The summed E-state index contributed by atoms with van der Waals surface area (Å²) in [6.45, 7) is 0.293. The minimum Gasteiger partial charge on any atom is -0.467 e. The van der Waals surface area contributed by atoms with Gasteiger partial charge in [-0.15, -0.1) is 5.10 Å². The van der Waals surface area contributed by atoms with Gasteiger partial charge in [0.15, 0.2) is 5.17 Å². The second-order valence-corrected chi connectivity index (χ2v) is 9.16. The van der Waals surface area contributed by atoms with Crippen LogP contribution in [0.15, 0.2) is 95.4 Å². The minimum atomic E-state index is -0.131. The number of hydrogen-bond donors (Lipinski definition) is 0. The predicted molar refractivity (Wildman–Crippen MR) is 128 cm³/mol. The molecule has 2 aromatic carbocycles. The summed E-state index contributed by atoms with van der Waals surface area (Å²) in [7, 11) is 0. The van der Waals surface area contributed by atoms with Crippen LogP contribution >= 0.6 is 43.6 Å². The summed E-state index contributed by atoms with van der Waals surface area (Å²) in [6.07, 6.45) is 5.10. The van der Waals surface area contributed by atoms with Gasteiger partial charge in [0.1, 0.15) is 5.76 Å². The molecule has 2 heterocycles. The Kier molecular flexibility index (Phi) is 6.66. The van der Waals surface area contributed by atoms with Crippen LogP contribution in [0.3, 0.4) is 0 Å². The number of carbonyl (C=O) groups excluding carboxylic acids is 1. The van der Waals surface area contributed by atoms with E-state index in [2.05, 4.69) is 42.1 Å². The molecule has 0 radical (unpaired) electrons. The highest BCUT2D eigenvalue weighted by Crippen LogP contribution is 2.34. The van der Waals surface area contributed by atoms with Gasteiger partial charge in [0.05, 0.1) is 23.9 Å². The number of benzene rings is 2. The highest BCUT2D eigenvalue weighted by molar-refractivity contribution is 9.10. The summed E-state index contributed by atoms with van der Waals surface area (Å²) in [5.74, 6) is 0.547. The first-order valence-corrected chi connectivity index (χ1v) is 11.3. The van der Waals surface area contributed by atoms with Crippen molar-refractivity contribution in [2.24, 2.45) is 10.2 Å². The van der Waals surface area contributed by atoms with Crippen LogP contribution in [0.2, 0.25) is 0 Å². The molecule has 0 aliphatic carbocycles. The average molecular weight is 545 g/mol. The van der Waals surface area contributed by atoms with E-state index in [1.807, 2.05) is 60.7 Å². The molecule has 0 bridgehead atoms. The molecular formula is C22H15Br2N3O2S. The Hall–Kier alpha value is -2.42. The first kappa shape index (κ1) is 20.8. The molecule has 150 valence electrons. The zero-order valence-corrected chi connectivity index (χ0v) is 19.5. The van der Waals surface area contributed by atoms with E-state index in [1.165, 1.54) is 11.8 Å². The molecule has 0 spiro atoms. The number of rotatable bonds is 5. The van der Waals surface area contributed by atoms with Crippen LogP contribution in [0, 0.1) is 0 Å². The number of halogens is 2. The van der Waals surface area contributed by atoms with E-state index in [9.17, 15) is 4.79 Å². The number of thioether (sulfide) groups is 1. The monoisotopic (exact) mass is 543 g/mol. The van der Waals surface area contributed by atoms with Crippen molar-refractivity contribution in [1.29, 1.82) is 0 Å². The quantitative estimate of drug-likeness (QED) is 0.215. The third-order valence-corrected chi connectivity index (χ3v) is 6.17. The predicted octanol–water partition coefficient (Wildman–Crippen LogP) is 6.31. The van der Waals surface area contributed by atoms with Crippen molar-refractivity contribution in [2.45, 2.75) is 6.54 Å². The van der Waals surface area contributed by atoms with Gasteiger partial charge in [0.2, 0.25) is 0 Å². The maximum Gasteiger partial charge on any atom is 0.267 e. The number of nitrogens with zero attached hydrogens (tertiary/aromatic N) is 3. The Morgan fingerprint density at radius 1 is 1.00 bits per heavy atom. The summed E-state index contributed by atoms with van der Waals surface area (Å²) < 4.78 is 7.37. The lowest BCUT2D eigenvalue weighted by atomic mass is 10.2. The fraction of sp³-hybridized carbons (Fsp3) is 0.0455. The van der Waals surface area contributed by atoms with Crippen molar-refractivity contribution in [2.75, 3.05) is 0 Å². The minimum absolute atomic E-state index is 0.131. The molecule has 1 aromatic heterocycles. The summed E-state index contributed by atoms with van der Waals surface area (Å²) >= 11 is 8.17. The summed E-state index contributed by atoms with van der Waals surface area (Å²) in [4.78, 5) is 15.2. The van der Waals surface area contributed by atoms with E-state index >= 15 is 0 Å². The van der Waals surface area contributed by atoms with Gasteiger partial charge >= 0.3 is 0 Å². The molecule has 0 atom stereocenters. The number of furan rings is 1. The fourth-order valence-electron chi connectivity index (χ4n) is 2.72. The number of carbonyl (C=O) groups is 1. The van der Waals surface area contributed by atoms with Gasteiger partial charge in [-0.1, -0.05) is 56.1 Å². The molecule has 1 aliphatic heterocycles. The van der Waals surface area contributed by atoms with Gasteiger partial charge in [0, 0.05) is 8.95 Å². The Morgan fingerprint density at radius 3 is 2.57 bits per heavy atom. The zero-order valence-electron chi connectivity index (χ0n) is 15.5. The van der Waals surface area contributed by atoms with E-state index < -0.39 is 0 Å².